The van der Waals surface area contributed by atoms with Gasteiger partial charge < -0.3 is 10.1 Å². The first-order chi connectivity index (χ1) is 10.3. The van der Waals surface area contributed by atoms with E-state index in [4.69, 9.17) is 16.3 Å². The highest BCUT2D eigenvalue weighted by atomic mass is 35.5. The van der Waals surface area contributed by atoms with Crippen molar-refractivity contribution in [3.8, 4) is 5.75 Å². The van der Waals surface area contributed by atoms with Crippen LogP contribution in [0.2, 0.25) is 5.02 Å². The largest absolute Gasteiger partial charge is 0.491 e. The van der Waals surface area contributed by atoms with Gasteiger partial charge in [-0.2, -0.15) is 0 Å². The number of fused-ring (bicyclic) bond motifs is 2. The van der Waals surface area contributed by atoms with E-state index in [9.17, 15) is 0 Å². The van der Waals surface area contributed by atoms with Gasteiger partial charge in [-0.1, -0.05) is 48.0 Å². The maximum absolute atomic E-state index is 6.48. The third-order valence-corrected chi connectivity index (χ3v) is 5.52. The van der Waals surface area contributed by atoms with E-state index in [1.807, 2.05) is 24.3 Å². The fraction of sp³-hybridized carbons (Fsp3) is 0.176. The molecular weight excluding hydrogens is 302 g/mol. The maximum Gasteiger partial charge on any atom is 0.124 e. The number of hydrogen-bond donors (Lipinski definition) is 1. The van der Waals surface area contributed by atoms with Crippen LogP contribution >= 0.6 is 22.9 Å². The molecule has 0 bridgehead atoms. The van der Waals surface area contributed by atoms with E-state index in [1.54, 1.807) is 11.3 Å². The molecule has 0 saturated heterocycles. The second-order valence-electron chi connectivity index (χ2n) is 5.12. The van der Waals surface area contributed by atoms with Gasteiger partial charge in [0.1, 0.15) is 12.4 Å². The van der Waals surface area contributed by atoms with Crippen molar-refractivity contribution < 1.29 is 4.74 Å². The quantitative estimate of drug-likeness (QED) is 0.751. The minimum atomic E-state index is 0.238. The van der Waals surface area contributed by atoms with E-state index in [0.29, 0.717) is 6.61 Å². The van der Waals surface area contributed by atoms with Gasteiger partial charge in [-0.25, -0.2) is 0 Å². The highest BCUT2D eigenvalue weighted by Gasteiger charge is 2.23. The van der Waals surface area contributed by atoms with Gasteiger partial charge in [0.05, 0.1) is 11.1 Å². The molecule has 1 aromatic heterocycles. The number of benzene rings is 2. The zero-order valence-corrected chi connectivity index (χ0v) is 12.9. The summed E-state index contributed by atoms with van der Waals surface area (Å²) in [6.45, 7) is 1.45. The van der Waals surface area contributed by atoms with E-state index in [2.05, 4.69) is 29.6 Å². The molecule has 1 N–H and O–H groups in total. The first kappa shape index (κ1) is 13.1. The maximum atomic E-state index is 6.48. The molecule has 1 atom stereocenters. The average Bonchev–Trinajstić information content (AvgIpc) is 3.07. The van der Waals surface area contributed by atoms with Crippen LogP contribution in [0.4, 0.5) is 0 Å². The summed E-state index contributed by atoms with van der Waals surface area (Å²) in [5, 5.41) is 5.57. The smallest absolute Gasteiger partial charge is 0.124 e. The number of halogens is 1. The van der Waals surface area contributed by atoms with Gasteiger partial charge >= 0.3 is 0 Å². The van der Waals surface area contributed by atoms with Gasteiger partial charge in [0, 0.05) is 27.1 Å². The van der Waals surface area contributed by atoms with Crippen LogP contribution in [-0.4, -0.2) is 6.61 Å². The van der Waals surface area contributed by atoms with Crippen LogP contribution in [-0.2, 0) is 6.54 Å². The molecule has 1 aliphatic rings. The van der Waals surface area contributed by atoms with E-state index in [-0.39, 0.29) is 6.04 Å². The van der Waals surface area contributed by atoms with Gasteiger partial charge in [-0.05, 0) is 12.1 Å². The summed E-state index contributed by atoms with van der Waals surface area (Å²) in [6.07, 6.45) is 0. The SMILES string of the molecule is Clc1c(CNC2COc3ccccc32)sc2ccccc12. The minimum absolute atomic E-state index is 0.238. The number of hydrogen-bond acceptors (Lipinski definition) is 3. The number of nitrogens with one attached hydrogen (secondary N) is 1. The Labute approximate surface area is 132 Å². The van der Waals surface area contributed by atoms with Crippen LogP contribution in [0.3, 0.4) is 0 Å². The highest BCUT2D eigenvalue weighted by Crippen LogP contribution is 2.36. The van der Waals surface area contributed by atoms with Crippen molar-refractivity contribution >= 4 is 33.0 Å². The molecule has 1 unspecified atom stereocenters. The molecule has 2 nitrogen and oxygen atoms in total. The van der Waals surface area contributed by atoms with Gasteiger partial charge in [-0.3, -0.25) is 0 Å². The predicted molar refractivity (Wildman–Crippen MR) is 88.4 cm³/mol. The average molecular weight is 316 g/mol. The van der Waals surface area contributed by atoms with Crippen LogP contribution in [0.1, 0.15) is 16.5 Å². The number of thiophene rings is 1. The van der Waals surface area contributed by atoms with Crippen molar-refractivity contribution in [3.05, 3.63) is 64.0 Å². The molecule has 3 aromatic rings. The fourth-order valence-electron chi connectivity index (χ4n) is 2.73. The van der Waals surface area contributed by atoms with Crippen LogP contribution in [0.5, 0.6) is 5.75 Å². The Morgan fingerprint density at radius 3 is 2.86 bits per heavy atom. The Morgan fingerprint density at radius 1 is 1.14 bits per heavy atom. The predicted octanol–water partition coefficient (Wildman–Crippen LogP) is 4.78. The first-order valence-corrected chi connectivity index (χ1v) is 8.13. The summed E-state index contributed by atoms with van der Waals surface area (Å²) < 4.78 is 6.93. The normalized spacial score (nSPS) is 16.9. The summed E-state index contributed by atoms with van der Waals surface area (Å²) >= 11 is 8.24. The third kappa shape index (κ3) is 2.31. The van der Waals surface area contributed by atoms with E-state index in [1.165, 1.54) is 15.1 Å². The molecule has 2 aromatic carbocycles. The Balaban J connectivity index is 1.56. The van der Waals surface area contributed by atoms with Crippen molar-refractivity contribution in [1.29, 1.82) is 0 Å². The molecule has 0 aliphatic carbocycles. The van der Waals surface area contributed by atoms with Crippen LogP contribution in [0.15, 0.2) is 48.5 Å². The van der Waals surface area contributed by atoms with E-state index in [0.717, 1.165) is 22.7 Å². The zero-order valence-electron chi connectivity index (χ0n) is 11.3. The summed E-state index contributed by atoms with van der Waals surface area (Å²) in [7, 11) is 0. The molecule has 0 fully saturated rings. The summed E-state index contributed by atoms with van der Waals surface area (Å²) in [6, 6.07) is 16.7. The second-order valence-corrected chi connectivity index (χ2v) is 6.63. The molecule has 0 saturated carbocycles. The molecule has 4 rings (SSSR count). The summed E-state index contributed by atoms with van der Waals surface area (Å²) in [5.74, 6) is 0.984. The van der Waals surface area contributed by atoms with E-state index >= 15 is 0 Å². The van der Waals surface area contributed by atoms with Gasteiger partial charge in [0.2, 0.25) is 0 Å². The molecule has 106 valence electrons. The van der Waals surface area contributed by atoms with Crippen molar-refractivity contribution in [1.82, 2.24) is 5.32 Å². The monoisotopic (exact) mass is 315 g/mol. The van der Waals surface area contributed by atoms with Crippen LogP contribution in [0, 0.1) is 0 Å². The third-order valence-electron chi connectivity index (χ3n) is 3.81. The van der Waals surface area contributed by atoms with Gasteiger partial charge in [0.15, 0.2) is 0 Å². The molecule has 0 spiro atoms. The molecule has 2 heterocycles. The lowest BCUT2D eigenvalue weighted by atomic mass is 10.1. The lowest BCUT2D eigenvalue weighted by molar-refractivity contribution is 0.311. The van der Waals surface area contributed by atoms with Gasteiger partial charge in [-0.15, -0.1) is 11.3 Å². The number of ether oxygens (including phenoxy) is 1. The van der Waals surface area contributed by atoms with Crippen molar-refractivity contribution in [2.75, 3.05) is 6.61 Å². The molecule has 4 heteroatoms. The highest BCUT2D eigenvalue weighted by molar-refractivity contribution is 7.19. The Hall–Kier alpha value is -1.55. The first-order valence-electron chi connectivity index (χ1n) is 6.94. The Kier molecular flexibility index (Phi) is 3.34. The Bertz CT molecular complexity index is 798. The van der Waals surface area contributed by atoms with Crippen molar-refractivity contribution in [3.63, 3.8) is 0 Å². The van der Waals surface area contributed by atoms with E-state index < -0.39 is 0 Å². The standard InChI is InChI=1S/C17H14ClNOS/c18-17-12-6-2-4-8-15(12)21-16(17)9-19-13-10-20-14-7-3-1-5-11(13)14/h1-8,13,19H,9-10H2. The van der Waals surface area contributed by atoms with Crippen molar-refractivity contribution in [2.24, 2.45) is 0 Å². The summed E-state index contributed by atoms with van der Waals surface area (Å²) in [4.78, 5) is 1.18. The molecule has 0 radical (unpaired) electrons. The minimum Gasteiger partial charge on any atom is -0.491 e. The van der Waals surface area contributed by atoms with Crippen LogP contribution < -0.4 is 10.1 Å². The number of rotatable bonds is 3. The topological polar surface area (TPSA) is 21.3 Å². The summed E-state index contributed by atoms with van der Waals surface area (Å²) in [5.41, 5.74) is 1.23. The molecule has 0 amide bonds. The second kappa shape index (κ2) is 5.34. The zero-order chi connectivity index (χ0) is 14.2. The lowest BCUT2D eigenvalue weighted by Gasteiger charge is -2.10. The Morgan fingerprint density at radius 2 is 1.95 bits per heavy atom. The lowest BCUT2D eigenvalue weighted by Crippen LogP contribution is -2.21. The fourth-order valence-corrected chi connectivity index (χ4v) is 4.18. The van der Waals surface area contributed by atoms with Gasteiger partial charge in [0.25, 0.3) is 0 Å². The van der Waals surface area contributed by atoms with Crippen LogP contribution in [0.25, 0.3) is 10.1 Å². The molecule has 1 aliphatic heterocycles. The molecule has 21 heavy (non-hydrogen) atoms. The molecular formula is C17H14ClNOS. The van der Waals surface area contributed by atoms with Crippen molar-refractivity contribution in [2.45, 2.75) is 12.6 Å². The number of para-hydroxylation sites is 1.